The van der Waals surface area contributed by atoms with Crippen molar-refractivity contribution in [1.82, 2.24) is 0 Å². The number of allylic oxidation sites excluding steroid dienone is 1. The second kappa shape index (κ2) is 6.30. The molecule has 6 heteroatoms. The van der Waals surface area contributed by atoms with E-state index in [1.807, 2.05) is 19.1 Å². The van der Waals surface area contributed by atoms with E-state index in [9.17, 15) is 9.59 Å². The first-order valence-electron chi connectivity index (χ1n) is 8.86. The van der Waals surface area contributed by atoms with Gasteiger partial charge >= 0.3 is 5.63 Å². The third-order valence-electron chi connectivity index (χ3n) is 4.81. The smallest absolute Gasteiger partial charge is 0.339 e. The molecular weight excluding hydrogens is 348 g/mol. The second-order valence-corrected chi connectivity index (χ2v) is 7.30. The Morgan fingerprint density at radius 2 is 1.96 bits per heavy atom. The highest BCUT2D eigenvalue weighted by atomic mass is 16.5. The van der Waals surface area contributed by atoms with Crippen molar-refractivity contribution in [3.8, 4) is 5.75 Å². The van der Waals surface area contributed by atoms with Crippen LogP contribution in [-0.4, -0.2) is 18.0 Å². The van der Waals surface area contributed by atoms with Gasteiger partial charge in [-0.3, -0.25) is 4.79 Å². The second-order valence-electron chi connectivity index (χ2n) is 7.30. The monoisotopic (exact) mass is 368 g/mol. The lowest BCUT2D eigenvalue weighted by molar-refractivity contribution is -0.127. The average Bonchev–Trinajstić information content (AvgIpc) is 3.16. The normalized spacial score (nSPS) is 17.1. The number of rotatable bonds is 5. The molecule has 1 aliphatic heterocycles. The van der Waals surface area contributed by atoms with Crippen LogP contribution in [0.5, 0.6) is 5.75 Å². The van der Waals surface area contributed by atoms with E-state index in [-0.39, 0.29) is 11.7 Å². The zero-order chi connectivity index (χ0) is 19.2. The SMILES string of the molecule is CC(CCOc1cc(=O)oc2cc3occc3cc12)C1=CC(=O)C(C)(C)O1. The van der Waals surface area contributed by atoms with E-state index >= 15 is 0 Å². The van der Waals surface area contributed by atoms with E-state index in [4.69, 9.17) is 18.3 Å². The van der Waals surface area contributed by atoms with Crippen molar-refractivity contribution >= 4 is 27.7 Å². The minimum absolute atomic E-state index is 0.0268. The molecule has 140 valence electrons. The number of ketones is 1. The molecule has 0 N–H and O–H groups in total. The molecule has 0 saturated carbocycles. The Balaban J connectivity index is 1.51. The minimum atomic E-state index is -0.797. The van der Waals surface area contributed by atoms with E-state index in [1.54, 1.807) is 32.3 Å². The van der Waals surface area contributed by atoms with Crippen LogP contribution in [0.4, 0.5) is 0 Å². The first-order valence-corrected chi connectivity index (χ1v) is 8.86. The summed E-state index contributed by atoms with van der Waals surface area (Å²) in [5.74, 6) is 1.14. The lowest BCUT2D eigenvalue weighted by Crippen LogP contribution is -2.28. The van der Waals surface area contributed by atoms with E-state index in [0.29, 0.717) is 41.1 Å². The zero-order valence-electron chi connectivity index (χ0n) is 15.4. The van der Waals surface area contributed by atoms with E-state index in [2.05, 4.69) is 0 Å². The molecule has 1 atom stereocenters. The van der Waals surface area contributed by atoms with Gasteiger partial charge < -0.3 is 18.3 Å². The number of hydrogen-bond acceptors (Lipinski definition) is 6. The zero-order valence-corrected chi connectivity index (χ0v) is 15.4. The maximum atomic E-state index is 11.9. The van der Waals surface area contributed by atoms with Crippen molar-refractivity contribution in [3.05, 3.63) is 52.8 Å². The average molecular weight is 368 g/mol. The molecule has 0 bridgehead atoms. The molecule has 0 saturated heterocycles. The summed E-state index contributed by atoms with van der Waals surface area (Å²) < 4.78 is 22.2. The number of carbonyl (C=O) groups is 1. The number of hydrogen-bond donors (Lipinski definition) is 0. The summed E-state index contributed by atoms with van der Waals surface area (Å²) in [7, 11) is 0. The fourth-order valence-corrected chi connectivity index (χ4v) is 3.12. The van der Waals surface area contributed by atoms with Gasteiger partial charge in [-0.15, -0.1) is 0 Å². The van der Waals surface area contributed by atoms with Gasteiger partial charge in [-0.25, -0.2) is 4.79 Å². The molecule has 3 heterocycles. The fraction of sp³-hybridized carbons (Fsp3) is 0.333. The van der Waals surface area contributed by atoms with Crippen LogP contribution in [0.15, 0.2) is 56.0 Å². The number of fused-ring (bicyclic) bond motifs is 2. The Morgan fingerprint density at radius 1 is 1.15 bits per heavy atom. The van der Waals surface area contributed by atoms with Crippen LogP contribution in [0.25, 0.3) is 21.9 Å². The summed E-state index contributed by atoms with van der Waals surface area (Å²) in [6.07, 6.45) is 3.79. The van der Waals surface area contributed by atoms with Crippen molar-refractivity contribution in [3.63, 3.8) is 0 Å². The number of benzene rings is 1. The number of furan rings is 1. The molecule has 1 aromatic carbocycles. The molecule has 3 aromatic rings. The van der Waals surface area contributed by atoms with Crippen molar-refractivity contribution in [2.45, 2.75) is 32.8 Å². The van der Waals surface area contributed by atoms with Crippen LogP contribution >= 0.6 is 0 Å². The standard InChI is InChI=1S/C21H20O6/c1-12(15-10-19(22)21(2,3)27-15)4-6-25-17-11-20(23)26-18-9-16-13(5-7-24-16)8-14(17)18/h5,7-12H,4,6H2,1-3H3. The Bertz CT molecular complexity index is 1110. The van der Waals surface area contributed by atoms with Crippen molar-refractivity contribution in [2.75, 3.05) is 6.61 Å². The summed E-state index contributed by atoms with van der Waals surface area (Å²) in [5, 5.41) is 1.61. The van der Waals surface area contributed by atoms with Crippen molar-refractivity contribution in [2.24, 2.45) is 5.92 Å². The van der Waals surface area contributed by atoms with Gasteiger partial charge in [-0.1, -0.05) is 6.92 Å². The van der Waals surface area contributed by atoms with Crippen LogP contribution in [0.3, 0.4) is 0 Å². The van der Waals surface area contributed by atoms with Crippen LogP contribution in [-0.2, 0) is 9.53 Å². The Morgan fingerprint density at radius 3 is 2.70 bits per heavy atom. The van der Waals surface area contributed by atoms with Crippen LogP contribution < -0.4 is 10.4 Å². The fourth-order valence-electron chi connectivity index (χ4n) is 3.12. The molecule has 0 spiro atoms. The molecule has 1 aliphatic rings. The van der Waals surface area contributed by atoms with Gasteiger partial charge in [0.1, 0.15) is 22.7 Å². The van der Waals surface area contributed by atoms with Crippen LogP contribution in [0.1, 0.15) is 27.2 Å². The van der Waals surface area contributed by atoms with Crippen LogP contribution in [0, 0.1) is 5.92 Å². The van der Waals surface area contributed by atoms with Gasteiger partial charge in [-0.2, -0.15) is 0 Å². The lowest BCUT2D eigenvalue weighted by atomic mass is 10.0. The molecule has 0 aliphatic carbocycles. The molecule has 1 unspecified atom stereocenters. The number of carbonyl (C=O) groups excluding carboxylic acids is 1. The molecular formula is C21H20O6. The highest BCUT2D eigenvalue weighted by molar-refractivity contribution is 5.98. The number of ether oxygens (including phenoxy) is 2. The first-order chi connectivity index (χ1) is 12.8. The lowest BCUT2D eigenvalue weighted by Gasteiger charge is -2.21. The van der Waals surface area contributed by atoms with E-state index in [1.165, 1.54) is 6.07 Å². The highest BCUT2D eigenvalue weighted by Gasteiger charge is 2.36. The van der Waals surface area contributed by atoms with Crippen molar-refractivity contribution in [1.29, 1.82) is 0 Å². The quantitative estimate of drug-likeness (QED) is 0.628. The highest BCUT2D eigenvalue weighted by Crippen LogP contribution is 2.32. The maximum Gasteiger partial charge on any atom is 0.339 e. The molecule has 0 radical (unpaired) electrons. The van der Waals surface area contributed by atoms with Gasteiger partial charge in [0.2, 0.25) is 5.78 Å². The maximum absolute atomic E-state index is 11.9. The molecule has 4 rings (SSSR count). The van der Waals surface area contributed by atoms with Gasteiger partial charge in [0.05, 0.1) is 24.3 Å². The summed E-state index contributed by atoms with van der Waals surface area (Å²) in [6, 6.07) is 6.75. The van der Waals surface area contributed by atoms with Gasteiger partial charge in [0.25, 0.3) is 0 Å². The third-order valence-corrected chi connectivity index (χ3v) is 4.81. The van der Waals surface area contributed by atoms with E-state index < -0.39 is 11.2 Å². The summed E-state index contributed by atoms with van der Waals surface area (Å²) >= 11 is 0. The summed E-state index contributed by atoms with van der Waals surface area (Å²) in [6.45, 7) is 5.87. The van der Waals surface area contributed by atoms with Gasteiger partial charge in [0, 0.05) is 23.4 Å². The predicted molar refractivity (Wildman–Crippen MR) is 99.8 cm³/mol. The largest absolute Gasteiger partial charge is 0.493 e. The molecule has 0 fully saturated rings. The molecule has 2 aromatic heterocycles. The topological polar surface area (TPSA) is 78.9 Å². The molecule has 0 amide bonds. The third kappa shape index (κ3) is 3.23. The van der Waals surface area contributed by atoms with Crippen molar-refractivity contribution < 1.29 is 23.1 Å². The Hall–Kier alpha value is -3.02. The van der Waals surface area contributed by atoms with E-state index in [0.717, 1.165) is 5.39 Å². The molecule has 27 heavy (non-hydrogen) atoms. The van der Waals surface area contributed by atoms with Gasteiger partial charge in [0.15, 0.2) is 5.60 Å². The first kappa shape index (κ1) is 17.4. The minimum Gasteiger partial charge on any atom is -0.493 e. The summed E-state index contributed by atoms with van der Waals surface area (Å²) in [5.41, 5.74) is -0.212. The Labute approximate surface area is 155 Å². The summed E-state index contributed by atoms with van der Waals surface area (Å²) in [4.78, 5) is 23.7. The molecule has 6 nitrogen and oxygen atoms in total. The van der Waals surface area contributed by atoms with Crippen LogP contribution in [0.2, 0.25) is 0 Å². The predicted octanol–water partition coefficient (Wildman–Crippen LogP) is 4.21. The van der Waals surface area contributed by atoms with Gasteiger partial charge in [-0.05, 0) is 32.4 Å². The Kier molecular flexibility index (Phi) is 4.06.